The van der Waals surface area contributed by atoms with Crippen molar-refractivity contribution >= 4 is 35.6 Å². The van der Waals surface area contributed by atoms with E-state index < -0.39 is 0 Å². The molecule has 13 heteroatoms. The van der Waals surface area contributed by atoms with Crippen LogP contribution in [0.3, 0.4) is 0 Å². The van der Waals surface area contributed by atoms with Gasteiger partial charge in [0.15, 0.2) is 0 Å². The van der Waals surface area contributed by atoms with Gasteiger partial charge in [0.25, 0.3) is 11.8 Å². The number of carbonyl (C=O) groups is 2. The third kappa shape index (κ3) is 13.5. The summed E-state index contributed by atoms with van der Waals surface area (Å²) in [6.45, 7) is 21.3. The highest BCUT2D eigenvalue weighted by molar-refractivity contribution is 6.07. The summed E-state index contributed by atoms with van der Waals surface area (Å²) >= 11 is 0. The van der Waals surface area contributed by atoms with Crippen molar-refractivity contribution in [3.05, 3.63) is 152 Å². The van der Waals surface area contributed by atoms with Crippen LogP contribution in [-0.2, 0) is 40.0 Å². The number of carbonyl (C=O) groups excluding carboxylic acids is 2. The molecule has 0 saturated carbocycles. The van der Waals surface area contributed by atoms with Crippen LogP contribution in [-0.4, -0.2) is 82.2 Å². The van der Waals surface area contributed by atoms with E-state index in [4.69, 9.17) is 9.47 Å². The van der Waals surface area contributed by atoms with Gasteiger partial charge in [-0.2, -0.15) is 10.2 Å². The van der Waals surface area contributed by atoms with Crippen LogP contribution in [0.1, 0.15) is 142 Å². The summed E-state index contributed by atoms with van der Waals surface area (Å²) in [5.41, 5.74) is 14.6. The highest BCUT2D eigenvalue weighted by atomic mass is 35.5. The molecule has 4 aliphatic heterocycles. The second kappa shape index (κ2) is 25.3. The monoisotopic (exact) mass is 1040 g/mol. The highest BCUT2D eigenvalue weighted by Crippen LogP contribution is 2.35. The molecular formula is C62H81ClN8O4. The normalized spacial score (nSPS) is 15.9. The van der Waals surface area contributed by atoms with Gasteiger partial charge in [0, 0.05) is 78.5 Å². The average Bonchev–Trinajstić information content (AvgIpc) is 3.79. The Morgan fingerprint density at radius 3 is 1.51 bits per heavy atom. The van der Waals surface area contributed by atoms with Gasteiger partial charge in [-0.1, -0.05) is 49.2 Å². The molecule has 1 N–H and O–H groups in total. The first kappa shape index (κ1) is 55.3. The van der Waals surface area contributed by atoms with Crippen molar-refractivity contribution in [3.63, 3.8) is 0 Å². The number of anilines is 2. The quantitative estimate of drug-likeness (QED) is 0.107. The van der Waals surface area contributed by atoms with Gasteiger partial charge >= 0.3 is 0 Å². The molecule has 75 heavy (non-hydrogen) atoms. The number of aryl methyl sites for hydroxylation is 6. The number of nitrogens with one attached hydrogen (secondary N) is 1. The minimum Gasteiger partial charge on any atom is -0.493 e. The molecule has 4 aliphatic rings. The molecule has 10 rings (SSSR count). The number of fused-ring (bicyclic) bond motifs is 4. The van der Waals surface area contributed by atoms with Gasteiger partial charge in [-0.15, -0.1) is 12.4 Å². The van der Waals surface area contributed by atoms with Gasteiger partial charge in [0.05, 0.1) is 38.7 Å². The average molecular weight is 1040 g/mol. The lowest BCUT2D eigenvalue weighted by atomic mass is 9.92. The first-order valence-electron chi connectivity index (χ1n) is 27.5. The van der Waals surface area contributed by atoms with E-state index in [1.54, 1.807) is 0 Å². The van der Waals surface area contributed by atoms with E-state index in [0.29, 0.717) is 24.2 Å². The Labute approximate surface area is 452 Å². The fraction of sp³-hybridized carbons (Fsp3) is 0.484. The number of rotatable bonds is 14. The predicted molar refractivity (Wildman–Crippen MR) is 304 cm³/mol. The van der Waals surface area contributed by atoms with E-state index in [9.17, 15) is 9.59 Å². The fourth-order valence-electron chi connectivity index (χ4n) is 11.7. The molecule has 400 valence electrons. The number of aromatic nitrogens is 4. The first-order chi connectivity index (χ1) is 35.8. The molecule has 0 spiro atoms. The van der Waals surface area contributed by atoms with E-state index >= 15 is 0 Å². The van der Waals surface area contributed by atoms with Crippen molar-refractivity contribution in [1.29, 1.82) is 0 Å². The van der Waals surface area contributed by atoms with Crippen LogP contribution in [0.4, 0.5) is 11.4 Å². The van der Waals surface area contributed by atoms with Crippen LogP contribution in [0.5, 0.6) is 11.5 Å². The zero-order valence-electron chi connectivity index (χ0n) is 45.9. The third-order valence-electron chi connectivity index (χ3n) is 15.9. The zero-order valence-corrected chi connectivity index (χ0v) is 46.7. The summed E-state index contributed by atoms with van der Waals surface area (Å²) in [6, 6.07) is 24.4. The Morgan fingerprint density at radius 1 is 0.613 bits per heavy atom. The van der Waals surface area contributed by atoms with E-state index in [0.717, 1.165) is 137 Å². The largest absolute Gasteiger partial charge is 0.493 e. The number of ether oxygens (including phenoxy) is 2. The molecule has 2 saturated heterocycles. The minimum absolute atomic E-state index is 0. The second-order valence-electron chi connectivity index (χ2n) is 22.2. The summed E-state index contributed by atoms with van der Waals surface area (Å²) in [4.78, 5) is 34.0. The van der Waals surface area contributed by atoms with Crippen molar-refractivity contribution in [2.75, 3.05) is 55.7 Å². The molecule has 6 aromatic rings. The van der Waals surface area contributed by atoms with Gasteiger partial charge in [0.1, 0.15) is 11.5 Å². The number of hydrogen-bond donors (Lipinski definition) is 1. The molecule has 0 bridgehead atoms. The minimum atomic E-state index is 0. The van der Waals surface area contributed by atoms with Gasteiger partial charge in [-0.25, -0.2) is 0 Å². The molecule has 12 nitrogen and oxygen atoms in total. The number of benzene rings is 4. The number of nitrogens with zero attached hydrogens (tertiary/aromatic N) is 7. The number of piperidine rings is 2. The van der Waals surface area contributed by atoms with Crippen LogP contribution in [0.15, 0.2) is 85.2 Å². The third-order valence-corrected chi connectivity index (χ3v) is 15.9. The van der Waals surface area contributed by atoms with Crippen LogP contribution < -0.4 is 24.6 Å². The molecule has 2 aromatic heterocycles. The summed E-state index contributed by atoms with van der Waals surface area (Å²) in [6.07, 6.45) is 15.1. The van der Waals surface area contributed by atoms with E-state index in [1.807, 2.05) is 95.9 Å². The van der Waals surface area contributed by atoms with Gasteiger partial charge < -0.3 is 29.5 Å². The summed E-state index contributed by atoms with van der Waals surface area (Å²) in [7, 11) is 3.95. The number of halogens is 1. The summed E-state index contributed by atoms with van der Waals surface area (Å²) in [5, 5.41) is 12.3. The first-order valence-corrected chi connectivity index (χ1v) is 27.5. The molecule has 2 amide bonds. The maximum absolute atomic E-state index is 13.9. The van der Waals surface area contributed by atoms with Crippen LogP contribution >= 0.6 is 12.4 Å². The molecule has 4 aromatic carbocycles. The van der Waals surface area contributed by atoms with E-state index in [2.05, 4.69) is 84.5 Å². The lowest BCUT2D eigenvalue weighted by molar-refractivity contribution is 0.0977. The summed E-state index contributed by atoms with van der Waals surface area (Å²) in [5.74, 6) is 4.15. The Morgan fingerprint density at radius 2 is 1.07 bits per heavy atom. The second-order valence-corrected chi connectivity index (χ2v) is 22.2. The van der Waals surface area contributed by atoms with Crippen molar-refractivity contribution in [1.82, 2.24) is 29.8 Å². The SMILES string of the molecule is Cc1ccc2c(c1)Cc1c(cnn1C)CN2C(=O)c1ccc(OCCCC2CCN(CC(C)C)CC2)c(C)c1.Cc1ccc2c(c1)Cc1c(cnn1C)CN2C(=O)c1ccc(OCCCC2CCNCC2)c(C)c1.Cl. The lowest BCUT2D eigenvalue weighted by Gasteiger charge is -2.33. The van der Waals surface area contributed by atoms with Crippen molar-refractivity contribution < 1.29 is 19.1 Å². The topological polar surface area (TPSA) is 110 Å². The van der Waals surface area contributed by atoms with Crippen LogP contribution in [0.2, 0.25) is 0 Å². The molecule has 0 unspecified atom stereocenters. The smallest absolute Gasteiger partial charge is 0.258 e. The predicted octanol–water partition coefficient (Wildman–Crippen LogP) is 11.7. The Bertz CT molecular complexity index is 2910. The molecule has 2 fully saturated rings. The summed E-state index contributed by atoms with van der Waals surface area (Å²) < 4.78 is 16.1. The highest BCUT2D eigenvalue weighted by Gasteiger charge is 2.29. The van der Waals surface area contributed by atoms with Crippen molar-refractivity contribution in [3.8, 4) is 11.5 Å². The zero-order chi connectivity index (χ0) is 51.9. The molecule has 0 atom stereocenters. The van der Waals surface area contributed by atoms with E-state index in [-0.39, 0.29) is 24.2 Å². The number of amides is 2. The fourth-order valence-corrected chi connectivity index (χ4v) is 11.7. The van der Waals surface area contributed by atoms with E-state index in [1.165, 1.54) is 69.3 Å². The molecule has 0 aliphatic carbocycles. The number of likely N-dealkylation sites (tertiary alicyclic amines) is 1. The lowest BCUT2D eigenvalue weighted by Crippen LogP contribution is -2.36. The molecule has 0 radical (unpaired) electrons. The Kier molecular flexibility index (Phi) is 18.6. The van der Waals surface area contributed by atoms with Gasteiger partial charge in [-0.05, 0) is 194 Å². The maximum atomic E-state index is 13.9. The Balaban J connectivity index is 0.000000198. The maximum Gasteiger partial charge on any atom is 0.258 e. The van der Waals surface area contributed by atoms with Crippen LogP contribution in [0, 0.1) is 45.4 Å². The molecule has 6 heterocycles. The van der Waals surface area contributed by atoms with Gasteiger partial charge in [-0.3, -0.25) is 19.0 Å². The molecular weight excluding hydrogens is 956 g/mol. The van der Waals surface area contributed by atoms with Crippen LogP contribution in [0.25, 0.3) is 0 Å². The van der Waals surface area contributed by atoms with Crippen molar-refractivity contribution in [2.24, 2.45) is 31.8 Å². The van der Waals surface area contributed by atoms with Crippen molar-refractivity contribution in [2.45, 2.75) is 119 Å². The number of hydrogen-bond acceptors (Lipinski definition) is 8. The van der Waals surface area contributed by atoms with Gasteiger partial charge in [0.2, 0.25) is 0 Å². The Hall–Kier alpha value is -5.95. The standard InChI is InChI=1S/C33H44N4O2.C29H36N4O2.ClH/c1-23(2)21-36-14-12-26(13-15-36)7-6-16-39-32-11-9-27(18-25(32)4)33(38)37-22-29-20-34-35(5)31(29)19-28-17-24(3)8-10-30(28)37;1-20-6-8-26-24(15-20)17-27-25(18-31-32(27)3)19-33(26)29(34)23-7-9-28(21(2)16-23)35-14-4-5-22-10-12-30-13-11-22;/h8-11,17-18,20,23,26H,6-7,12-16,19,21-22H2,1-5H3;6-9,15-16,18,22,30H,4-5,10-14,17,19H2,1-3H3;1H.